The van der Waals surface area contributed by atoms with E-state index in [1.807, 2.05) is 0 Å². The first-order valence-corrected chi connectivity index (χ1v) is 37.7. The lowest BCUT2D eigenvalue weighted by Crippen LogP contribution is -2.30. The Balaban J connectivity index is 5.23. The van der Waals surface area contributed by atoms with Crippen LogP contribution in [0.4, 0.5) is 0 Å². The Morgan fingerprint density at radius 3 is 0.721 bits per heavy atom. The predicted molar refractivity (Wildman–Crippen MR) is 344 cm³/mol. The molecule has 0 aliphatic heterocycles. The highest BCUT2D eigenvalue weighted by atomic mass is 31.2. The van der Waals surface area contributed by atoms with Crippen molar-refractivity contribution in [1.29, 1.82) is 0 Å². The van der Waals surface area contributed by atoms with Gasteiger partial charge in [0.1, 0.15) is 19.3 Å². The molecule has 0 saturated heterocycles. The molecule has 0 aliphatic rings. The molecule has 0 aromatic heterocycles. The largest absolute Gasteiger partial charge is 0.472 e. The van der Waals surface area contributed by atoms with E-state index in [0.29, 0.717) is 37.5 Å². The Morgan fingerprint density at radius 2 is 0.488 bits per heavy atom. The molecule has 2 unspecified atom stereocenters. The number of aliphatic hydroxyl groups excluding tert-OH is 1. The van der Waals surface area contributed by atoms with E-state index in [1.165, 1.54) is 116 Å². The van der Waals surface area contributed by atoms with E-state index in [-0.39, 0.29) is 25.7 Å². The third-order valence-corrected chi connectivity index (χ3v) is 17.2. The van der Waals surface area contributed by atoms with Crippen LogP contribution in [0.15, 0.2) is 0 Å². The highest BCUT2D eigenvalue weighted by Gasteiger charge is 2.30. The van der Waals surface area contributed by atoms with E-state index < -0.39 is 97.5 Å². The van der Waals surface area contributed by atoms with Crippen molar-refractivity contribution in [2.45, 2.75) is 343 Å². The van der Waals surface area contributed by atoms with Crippen molar-refractivity contribution in [3.8, 4) is 0 Å². The molecule has 0 aromatic carbocycles. The summed E-state index contributed by atoms with van der Waals surface area (Å²) in [6.07, 6.45) is 37.8. The molecule has 0 spiro atoms. The molecule has 19 heteroatoms. The van der Waals surface area contributed by atoms with Crippen molar-refractivity contribution >= 4 is 39.5 Å². The average Bonchev–Trinajstić information content (AvgIpc) is 3.67. The van der Waals surface area contributed by atoms with Gasteiger partial charge in [0, 0.05) is 25.7 Å². The molecule has 510 valence electrons. The predicted octanol–water partition coefficient (Wildman–Crippen LogP) is 18.5. The molecule has 17 nitrogen and oxygen atoms in total. The summed E-state index contributed by atoms with van der Waals surface area (Å²) in [6.45, 7) is 14.0. The van der Waals surface area contributed by atoms with Crippen LogP contribution >= 0.6 is 15.6 Å². The number of carbonyl (C=O) groups is 4. The molecule has 0 amide bonds. The third kappa shape index (κ3) is 60.9. The fraction of sp³-hybridized carbons (Fsp3) is 0.940. The SMILES string of the molecule is CC(C)CCCCCCCCCCCCCCC(=O)O[C@H](COC(=O)CCCCCCCCC(C)C)COP(=O)(O)OC[C@@H](O)COP(=O)(O)OC[C@@H](COC(=O)CCCCCCCCC(C)C)OC(=O)CCCCCCCCCCCCC(C)C. The van der Waals surface area contributed by atoms with Gasteiger partial charge in [0.25, 0.3) is 0 Å². The number of hydrogen-bond acceptors (Lipinski definition) is 15. The van der Waals surface area contributed by atoms with Crippen LogP contribution in [0.2, 0.25) is 0 Å². The first-order valence-electron chi connectivity index (χ1n) is 34.7. The van der Waals surface area contributed by atoms with E-state index in [0.717, 1.165) is 115 Å². The van der Waals surface area contributed by atoms with Gasteiger partial charge in [-0.15, -0.1) is 0 Å². The molecular formula is C67H130O17P2. The van der Waals surface area contributed by atoms with Crippen LogP contribution in [0.1, 0.15) is 325 Å². The lowest BCUT2D eigenvalue weighted by Gasteiger charge is -2.21. The van der Waals surface area contributed by atoms with Crippen molar-refractivity contribution in [1.82, 2.24) is 0 Å². The minimum Gasteiger partial charge on any atom is -0.462 e. The van der Waals surface area contributed by atoms with Crippen molar-refractivity contribution in [3.63, 3.8) is 0 Å². The summed E-state index contributed by atoms with van der Waals surface area (Å²) in [6, 6.07) is 0. The van der Waals surface area contributed by atoms with Gasteiger partial charge in [-0.05, 0) is 49.4 Å². The van der Waals surface area contributed by atoms with Crippen molar-refractivity contribution in [2.24, 2.45) is 23.7 Å². The molecule has 5 atom stereocenters. The number of ether oxygens (including phenoxy) is 4. The van der Waals surface area contributed by atoms with E-state index in [9.17, 15) is 43.2 Å². The Kier molecular flexibility index (Phi) is 55.7. The van der Waals surface area contributed by atoms with Crippen molar-refractivity contribution in [3.05, 3.63) is 0 Å². The number of rotatable bonds is 64. The topological polar surface area (TPSA) is 237 Å². The quantitative estimate of drug-likeness (QED) is 0.0222. The molecular weight excluding hydrogens is 1140 g/mol. The molecule has 0 bridgehead atoms. The smallest absolute Gasteiger partial charge is 0.462 e. The summed E-state index contributed by atoms with van der Waals surface area (Å²) in [5, 5.41) is 10.6. The van der Waals surface area contributed by atoms with E-state index in [4.69, 9.17) is 37.0 Å². The third-order valence-electron chi connectivity index (χ3n) is 15.3. The van der Waals surface area contributed by atoms with Gasteiger partial charge in [-0.3, -0.25) is 37.3 Å². The maximum atomic E-state index is 13.0. The Bertz CT molecular complexity index is 1710. The Morgan fingerprint density at radius 1 is 0.291 bits per heavy atom. The molecule has 0 fully saturated rings. The molecule has 0 rings (SSSR count). The Hall–Kier alpha value is -1.94. The van der Waals surface area contributed by atoms with E-state index in [1.54, 1.807) is 0 Å². The standard InChI is InChI=1S/C67H130O17P2/c1-57(2)43-35-27-19-15-11-9-10-12-17-21-33-41-49-66(71)83-62(53-77-64(69)47-39-31-25-23-29-37-45-59(5)6)55-81-85(73,74)79-51-61(68)52-80-86(75,76)82-56-63(54-78-65(70)48-40-32-26-24-30-38-46-60(7)8)84-67(72)50-42-34-22-18-14-13-16-20-28-36-44-58(3)4/h57-63,68H,9-56H2,1-8H3,(H,73,74)(H,75,76)/t61-,62-,63-/m1/s1. The average molecular weight is 1270 g/mol. The first kappa shape index (κ1) is 84.1. The van der Waals surface area contributed by atoms with Crippen molar-refractivity contribution < 1.29 is 80.2 Å². The monoisotopic (exact) mass is 1270 g/mol. The minimum atomic E-state index is -4.95. The summed E-state index contributed by atoms with van der Waals surface area (Å²) < 4.78 is 68.1. The number of phosphoric ester groups is 2. The second kappa shape index (κ2) is 57.0. The summed E-state index contributed by atoms with van der Waals surface area (Å²) in [4.78, 5) is 72.3. The second-order valence-electron chi connectivity index (χ2n) is 26.1. The van der Waals surface area contributed by atoms with Crippen LogP contribution in [0, 0.1) is 23.7 Å². The highest BCUT2D eigenvalue weighted by Crippen LogP contribution is 2.45. The minimum absolute atomic E-state index is 0.104. The molecule has 0 heterocycles. The zero-order valence-electron chi connectivity index (χ0n) is 55.9. The molecule has 0 saturated carbocycles. The number of carbonyl (C=O) groups excluding carboxylic acids is 4. The van der Waals surface area contributed by atoms with Crippen LogP contribution < -0.4 is 0 Å². The van der Waals surface area contributed by atoms with Crippen molar-refractivity contribution in [2.75, 3.05) is 39.6 Å². The van der Waals surface area contributed by atoms with E-state index in [2.05, 4.69) is 55.4 Å². The number of phosphoric acid groups is 2. The van der Waals surface area contributed by atoms with Crippen LogP contribution in [-0.4, -0.2) is 96.7 Å². The second-order valence-corrected chi connectivity index (χ2v) is 29.0. The number of hydrogen-bond donors (Lipinski definition) is 3. The first-order chi connectivity index (χ1) is 41.1. The molecule has 3 N–H and O–H groups in total. The van der Waals surface area contributed by atoms with Crippen LogP contribution in [0.25, 0.3) is 0 Å². The zero-order valence-corrected chi connectivity index (χ0v) is 57.7. The maximum Gasteiger partial charge on any atom is 0.472 e. The summed E-state index contributed by atoms with van der Waals surface area (Å²) in [7, 11) is -9.89. The fourth-order valence-corrected chi connectivity index (χ4v) is 11.5. The molecule has 0 radical (unpaired) electrons. The van der Waals surface area contributed by atoms with Gasteiger partial charge >= 0.3 is 39.5 Å². The van der Waals surface area contributed by atoms with Gasteiger partial charge < -0.3 is 33.8 Å². The van der Waals surface area contributed by atoms with Gasteiger partial charge in [0.05, 0.1) is 26.4 Å². The van der Waals surface area contributed by atoms with Crippen LogP contribution in [-0.2, 0) is 65.4 Å². The number of aliphatic hydroxyl groups is 1. The maximum absolute atomic E-state index is 13.0. The fourth-order valence-electron chi connectivity index (χ4n) is 9.96. The van der Waals surface area contributed by atoms with Gasteiger partial charge in [-0.25, -0.2) is 9.13 Å². The number of unbranched alkanes of at least 4 members (excludes halogenated alkanes) is 30. The lowest BCUT2D eigenvalue weighted by molar-refractivity contribution is -0.161. The normalized spacial score (nSPS) is 14.4. The highest BCUT2D eigenvalue weighted by molar-refractivity contribution is 7.47. The zero-order chi connectivity index (χ0) is 63.9. The summed E-state index contributed by atoms with van der Waals surface area (Å²) >= 11 is 0. The van der Waals surface area contributed by atoms with Gasteiger partial charge in [0.2, 0.25) is 0 Å². The number of esters is 4. The Labute approximate surface area is 524 Å². The van der Waals surface area contributed by atoms with Gasteiger partial charge in [0.15, 0.2) is 12.2 Å². The summed E-state index contributed by atoms with van der Waals surface area (Å²) in [5.41, 5.74) is 0. The summed E-state index contributed by atoms with van der Waals surface area (Å²) in [5.74, 6) is 0.750. The van der Waals surface area contributed by atoms with Crippen LogP contribution in [0.5, 0.6) is 0 Å². The van der Waals surface area contributed by atoms with E-state index >= 15 is 0 Å². The molecule has 86 heavy (non-hydrogen) atoms. The van der Waals surface area contributed by atoms with Crippen LogP contribution in [0.3, 0.4) is 0 Å². The molecule has 0 aromatic rings. The lowest BCUT2D eigenvalue weighted by atomic mass is 10.0. The van der Waals surface area contributed by atoms with Gasteiger partial charge in [-0.2, -0.15) is 0 Å². The molecule has 0 aliphatic carbocycles. The van der Waals surface area contributed by atoms with Gasteiger partial charge in [-0.1, -0.05) is 274 Å².